The van der Waals surface area contributed by atoms with Crippen LogP contribution in [-0.4, -0.2) is 11.3 Å². The van der Waals surface area contributed by atoms with E-state index in [1.807, 2.05) is 0 Å². The maximum Gasteiger partial charge on any atom is 0.168 e. The van der Waals surface area contributed by atoms with Crippen molar-refractivity contribution < 1.29 is 13.6 Å². The van der Waals surface area contributed by atoms with E-state index < -0.39 is 11.6 Å². The van der Waals surface area contributed by atoms with Crippen LogP contribution in [0.1, 0.15) is 10.4 Å². The molecule has 1 heterocycles. The third-order valence-electron chi connectivity index (χ3n) is 1.89. The van der Waals surface area contributed by atoms with Crippen LogP contribution in [0.5, 0.6) is 0 Å². The quantitative estimate of drug-likeness (QED) is 0.672. The van der Waals surface area contributed by atoms with Gasteiger partial charge in [0.05, 0.1) is 5.52 Å². The molecule has 1 aromatic heterocycles. The van der Waals surface area contributed by atoms with Crippen molar-refractivity contribution in [2.75, 3.05) is 0 Å². The lowest BCUT2D eigenvalue weighted by molar-refractivity contribution is 0.112. The number of H-pyrrole nitrogens is 1. The van der Waals surface area contributed by atoms with Crippen molar-refractivity contribution in [3.8, 4) is 0 Å². The van der Waals surface area contributed by atoms with Crippen molar-refractivity contribution in [2.24, 2.45) is 0 Å². The number of aromatic nitrogens is 1. The fraction of sp³-hybridized carbons (Fsp3) is 0. The molecule has 4 heteroatoms. The van der Waals surface area contributed by atoms with Gasteiger partial charge < -0.3 is 4.98 Å². The van der Waals surface area contributed by atoms with E-state index in [1.165, 1.54) is 12.3 Å². The van der Waals surface area contributed by atoms with E-state index in [-0.39, 0.29) is 10.9 Å². The average Bonchev–Trinajstić information content (AvgIpc) is 2.60. The van der Waals surface area contributed by atoms with Gasteiger partial charge in [-0.1, -0.05) is 0 Å². The molecular formula is C9H5F2NO. The van der Waals surface area contributed by atoms with E-state index in [0.717, 1.165) is 6.07 Å². The van der Waals surface area contributed by atoms with Crippen LogP contribution in [0, 0.1) is 11.6 Å². The van der Waals surface area contributed by atoms with Crippen LogP contribution >= 0.6 is 0 Å². The lowest BCUT2D eigenvalue weighted by Crippen LogP contribution is -1.90. The number of carbonyl (C=O) groups is 1. The van der Waals surface area contributed by atoms with E-state index in [0.29, 0.717) is 11.8 Å². The van der Waals surface area contributed by atoms with Crippen molar-refractivity contribution in [2.45, 2.75) is 0 Å². The first-order valence-corrected chi connectivity index (χ1v) is 3.64. The highest BCUT2D eigenvalue weighted by molar-refractivity contribution is 5.96. The molecule has 2 rings (SSSR count). The minimum Gasteiger partial charge on any atom is -0.361 e. The number of halogens is 2. The number of aldehydes is 1. The van der Waals surface area contributed by atoms with E-state index in [9.17, 15) is 13.6 Å². The number of benzene rings is 1. The van der Waals surface area contributed by atoms with Crippen molar-refractivity contribution >= 4 is 17.2 Å². The monoisotopic (exact) mass is 181 g/mol. The van der Waals surface area contributed by atoms with Crippen LogP contribution in [0.15, 0.2) is 18.3 Å². The summed E-state index contributed by atoms with van der Waals surface area (Å²) in [4.78, 5) is 13.1. The van der Waals surface area contributed by atoms with Gasteiger partial charge in [0.2, 0.25) is 0 Å². The van der Waals surface area contributed by atoms with Gasteiger partial charge in [-0.15, -0.1) is 0 Å². The minimum atomic E-state index is -1.01. The molecule has 66 valence electrons. The number of hydrogen-bond donors (Lipinski definition) is 1. The standard InChI is InChI=1S/C9H5F2NO/c10-7-3-5(4-13)9-6(8(7)11)1-2-12-9/h1-4,12H. The fourth-order valence-electron chi connectivity index (χ4n) is 1.28. The molecule has 0 atom stereocenters. The molecule has 0 bridgehead atoms. The third kappa shape index (κ3) is 1.02. The van der Waals surface area contributed by atoms with Crippen LogP contribution in [0.2, 0.25) is 0 Å². The van der Waals surface area contributed by atoms with Gasteiger partial charge in [-0.25, -0.2) is 8.78 Å². The van der Waals surface area contributed by atoms with Crippen LogP contribution < -0.4 is 0 Å². The topological polar surface area (TPSA) is 32.9 Å². The first kappa shape index (κ1) is 7.91. The van der Waals surface area contributed by atoms with Crippen molar-refractivity contribution in [3.05, 3.63) is 35.5 Å². The zero-order valence-electron chi connectivity index (χ0n) is 6.47. The molecule has 0 aliphatic rings. The Labute approximate surface area is 72.2 Å². The summed E-state index contributed by atoms with van der Waals surface area (Å²) in [6.45, 7) is 0. The molecule has 0 saturated heterocycles. The number of rotatable bonds is 1. The largest absolute Gasteiger partial charge is 0.361 e. The Kier molecular flexibility index (Phi) is 1.62. The summed E-state index contributed by atoms with van der Waals surface area (Å²) in [5.74, 6) is -1.93. The Balaban J connectivity index is 2.95. The normalized spacial score (nSPS) is 10.6. The summed E-state index contributed by atoms with van der Waals surface area (Å²) in [7, 11) is 0. The Morgan fingerprint density at radius 1 is 1.38 bits per heavy atom. The molecule has 2 aromatic rings. The highest BCUT2D eigenvalue weighted by Crippen LogP contribution is 2.21. The maximum atomic E-state index is 13.0. The van der Waals surface area contributed by atoms with Crippen LogP contribution in [0.4, 0.5) is 8.78 Å². The van der Waals surface area contributed by atoms with E-state index in [1.54, 1.807) is 0 Å². The minimum absolute atomic E-state index is 0.0992. The molecular weight excluding hydrogens is 176 g/mol. The molecule has 0 unspecified atom stereocenters. The van der Waals surface area contributed by atoms with Gasteiger partial charge in [-0.2, -0.15) is 0 Å². The Hall–Kier alpha value is -1.71. The predicted molar refractivity (Wildman–Crippen MR) is 43.6 cm³/mol. The highest BCUT2D eigenvalue weighted by Gasteiger charge is 2.11. The SMILES string of the molecule is O=Cc1cc(F)c(F)c2cc[nH]c12. The maximum absolute atomic E-state index is 13.0. The summed E-state index contributed by atoms with van der Waals surface area (Å²) in [6, 6.07) is 2.27. The van der Waals surface area contributed by atoms with Gasteiger partial charge >= 0.3 is 0 Å². The number of hydrogen-bond acceptors (Lipinski definition) is 1. The van der Waals surface area contributed by atoms with Gasteiger partial charge in [-0.05, 0) is 12.1 Å². The average molecular weight is 181 g/mol. The molecule has 0 amide bonds. The third-order valence-corrected chi connectivity index (χ3v) is 1.89. The molecule has 0 aliphatic heterocycles. The summed E-state index contributed by atoms with van der Waals surface area (Å²) < 4.78 is 25.9. The van der Waals surface area contributed by atoms with E-state index >= 15 is 0 Å². The lowest BCUT2D eigenvalue weighted by atomic mass is 10.1. The van der Waals surface area contributed by atoms with Crippen molar-refractivity contribution in [3.63, 3.8) is 0 Å². The van der Waals surface area contributed by atoms with E-state index in [2.05, 4.69) is 4.98 Å². The predicted octanol–water partition coefficient (Wildman–Crippen LogP) is 2.26. The van der Waals surface area contributed by atoms with Gasteiger partial charge in [0.1, 0.15) is 0 Å². The van der Waals surface area contributed by atoms with Gasteiger partial charge in [0.15, 0.2) is 17.9 Å². The first-order chi connectivity index (χ1) is 6.24. The second kappa shape index (κ2) is 2.65. The number of aromatic amines is 1. The van der Waals surface area contributed by atoms with Crippen LogP contribution in [0.25, 0.3) is 10.9 Å². The number of fused-ring (bicyclic) bond motifs is 1. The number of carbonyl (C=O) groups excluding carboxylic acids is 1. The molecule has 0 radical (unpaired) electrons. The molecule has 0 fully saturated rings. The zero-order chi connectivity index (χ0) is 9.42. The smallest absolute Gasteiger partial charge is 0.168 e. The Morgan fingerprint density at radius 2 is 2.15 bits per heavy atom. The fourth-order valence-corrected chi connectivity index (χ4v) is 1.28. The first-order valence-electron chi connectivity index (χ1n) is 3.64. The highest BCUT2D eigenvalue weighted by atomic mass is 19.2. The van der Waals surface area contributed by atoms with Crippen molar-refractivity contribution in [1.82, 2.24) is 4.98 Å². The number of nitrogens with one attached hydrogen (secondary N) is 1. The molecule has 1 aromatic carbocycles. The molecule has 13 heavy (non-hydrogen) atoms. The van der Waals surface area contributed by atoms with E-state index in [4.69, 9.17) is 0 Å². The lowest BCUT2D eigenvalue weighted by Gasteiger charge is -1.97. The van der Waals surface area contributed by atoms with Crippen LogP contribution in [-0.2, 0) is 0 Å². The molecule has 2 nitrogen and oxygen atoms in total. The van der Waals surface area contributed by atoms with Gasteiger partial charge in [0.25, 0.3) is 0 Å². The molecule has 1 N–H and O–H groups in total. The summed E-state index contributed by atoms with van der Waals surface area (Å²) in [5, 5.41) is 0.0992. The van der Waals surface area contributed by atoms with Crippen molar-refractivity contribution in [1.29, 1.82) is 0 Å². The van der Waals surface area contributed by atoms with Gasteiger partial charge in [0, 0.05) is 17.1 Å². The summed E-state index contributed by atoms with van der Waals surface area (Å²) in [6.07, 6.45) is 1.95. The second-order valence-corrected chi connectivity index (χ2v) is 2.65. The molecule has 0 saturated carbocycles. The Morgan fingerprint density at radius 3 is 2.85 bits per heavy atom. The molecule has 0 spiro atoms. The summed E-state index contributed by atoms with van der Waals surface area (Å²) >= 11 is 0. The van der Waals surface area contributed by atoms with Gasteiger partial charge in [-0.3, -0.25) is 4.79 Å². The second-order valence-electron chi connectivity index (χ2n) is 2.65. The Bertz CT molecular complexity index is 476. The van der Waals surface area contributed by atoms with Crippen LogP contribution in [0.3, 0.4) is 0 Å². The molecule has 0 aliphatic carbocycles. The summed E-state index contributed by atoms with van der Waals surface area (Å²) in [5.41, 5.74) is 0.452. The zero-order valence-corrected chi connectivity index (χ0v) is 6.47.